The molecule has 3 heteroatoms. The maximum atomic E-state index is 12.2. The van der Waals surface area contributed by atoms with Crippen molar-refractivity contribution >= 4 is 11.8 Å². The first-order valence-corrected chi connectivity index (χ1v) is 3.62. The maximum Gasteiger partial charge on any atom is 0.213 e. The van der Waals surface area contributed by atoms with Gasteiger partial charge < -0.3 is 0 Å². The standard InChI is InChI=1S/C6H5FNS/c1-9-5-2-3-8-6(7)4-5/h3-4H,1H3. The Bertz CT molecular complexity index is 202. The zero-order valence-electron chi connectivity index (χ0n) is 4.89. The lowest BCUT2D eigenvalue weighted by atomic mass is 10.5. The summed E-state index contributed by atoms with van der Waals surface area (Å²) in [5, 5.41) is 0. The van der Waals surface area contributed by atoms with Crippen LogP contribution in [-0.2, 0) is 0 Å². The van der Waals surface area contributed by atoms with E-state index in [0.29, 0.717) is 0 Å². The number of thioether (sulfide) groups is 1. The predicted molar refractivity (Wildman–Crippen MR) is 34.8 cm³/mol. The molecule has 0 aromatic carbocycles. The molecule has 0 aliphatic rings. The van der Waals surface area contributed by atoms with Crippen molar-refractivity contribution in [3.63, 3.8) is 0 Å². The van der Waals surface area contributed by atoms with Crippen LogP contribution < -0.4 is 0 Å². The Morgan fingerprint density at radius 2 is 2.56 bits per heavy atom. The molecule has 1 aromatic rings. The van der Waals surface area contributed by atoms with Gasteiger partial charge in [-0.1, -0.05) is 0 Å². The molecule has 0 N–H and O–H groups in total. The fourth-order valence-corrected chi connectivity index (χ4v) is 0.848. The molecule has 0 saturated carbocycles. The third-order valence-electron chi connectivity index (χ3n) is 0.865. The van der Waals surface area contributed by atoms with E-state index in [2.05, 4.69) is 11.1 Å². The number of nitrogens with zero attached hydrogens (tertiary/aromatic N) is 1. The van der Waals surface area contributed by atoms with Crippen molar-refractivity contribution in [2.24, 2.45) is 0 Å². The van der Waals surface area contributed by atoms with Crippen molar-refractivity contribution in [1.29, 1.82) is 0 Å². The molecule has 1 rings (SSSR count). The molecule has 0 atom stereocenters. The molecule has 1 nitrogen and oxygen atoms in total. The van der Waals surface area contributed by atoms with Gasteiger partial charge in [0.05, 0.1) is 0 Å². The minimum atomic E-state index is -0.446. The lowest BCUT2D eigenvalue weighted by molar-refractivity contribution is 0.579. The van der Waals surface area contributed by atoms with Crippen molar-refractivity contribution < 1.29 is 4.39 Å². The summed E-state index contributed by atoms with van der Waals surface area (Å²) in [5.41, 5.74) is 0. The fourth-order valence-electron chi connectivity index (χ4n) is 0.463. The highest BCUT2D eigenvalue weighted by Crippen LogP contribution is 2.11. The second kappa shape index (κ2) is 2.82. The van der Waals surface area contributed by atoms with Gasteiger partial charge in [0.25, 0.3) is 0 Å². The largest absolute Gasteiger partial charge is 0.228 e. The molecule has 0 aliphatic carbocycles. The Balaban J connectivity index is 2.94. The summed E-state index contributed by atoms with van der Waals surface area (Å²) < 4.78 is 12.2. The molecular weight excluding hydrogens is 137 g/mol. The Hall–Kier alpha value is -0.570. The third-order valence-corrected chi connectivity index (χ3v) is 1.54. The summed E-state index contributed by atoms with van der Waals surface area (Å²) in [5.74, 6) is -0.446. The van der Waals surface area contributed by atoms with E-state index >= 15 is 0 Å². The van der Waals surface area contributed by atoms with Gasteiger partial charge in [-0.3, -0.25) is 0 Å². The quantitative estimate of drug-likeness (QED) is 0.437. The van der Waals surface area contributed by atoms with Crippen LogP contribution in [0, 0.1) is 12.0 Å². The topological polar surface area (TPSA) is 12.9 Å². The number of aromatic nitrogens is 1. The van der Waals surface area contributed by atoms with E-state index in [0.717, 1.165) is 4.90 Å². The molecule has 0 spiro atoms. The van der Waals surface area contributed by atoms with E-state index in [1.54, 1.807) is 0 Å². The molecule has 0 aliphatic heterocycles. The van der Waals surface area contributed by atoms with Gasteiger partial charge in [0.2, 0.25) is 5.95 Å². The van der Waals surface area contributed by atoms with Gasteiger partial charge in [-0.2, -0.15) is 4.39 Å². The highest BCUT2D eigenvalue weighted by atomic mass is 32.2. The Morgan fingerprint density at radius 3 is 3.00 bits per heavy atom. The average Bonchev–Trinajstić information content (AvgIpc) is 1.88. The molecule has 0 amide bonds. The number of hydrogen-bond acceptors (Lipinski definition) is 2. The van der Waals surface area contributed by atoms with E-state index in [-0.39, 0.29) is 0 Å². The van der Waals surface area contributed by atoms with Crippen LogP contribution in [0.3, 0.4) is 0 Å². The third kappa shape index (κ3) is 1.68. The van der Waals surface area contributed by atoms with Crippen molar-refractivity contribution in [2.45, 2.75) is 4.90 Å². The lowest BCUT2D eigenvalue weighted by Gasteiger charge is -1.90. The molecule has 0 fully saturated rings. The van der Waals surface area contributed by atoms with Gasteiger partial charge >= 0.3 is 0 Å². The molecule has 9 heavy (non-hydrogen) atoms. The second-order valence-electron chi connectivity index (χ2n) is 1.44. The van der Waals surface area contributed by atoms with Crippen molar-refractivity contribution in [2.75, 3.05) is 6.26 Å². The second-order valence-corrected chi connectivity index (χ2v) is 2.29. The van der Waals surface area contributed by atoms with E-state index < -0.39 is 5.95 Å². The first kappa shape index (κ1) is 6.55. The smallest absolute Gasteiger partial charge is 0.213 e. The number of rotatable bonds is 1. The molecule has 1 aromatic heterocycles. The zero-order chi connectivity index (χ0) is 6.69. The summed E-state index contributed by atoms with van der Waals surface area (Å²) in [7, 11) is 0. The molecule has 0 saturated heterocycles. The highest BCUT2D eigenvalue weighted by Gasteiger charge is 1.91. The molecule has 1 radical (unpaired) electrons. The lowest BCUT2D eigenvalue weighted by Crippen LogP contribution is -1.79. The minimum absolute atomic E-state index is 0.446. The molecular formula is C6H5FNS. The summed E-state index contributed by atoms with van der Waals surface area (Å²) in [6, 6.07) is 4.12. The summed E-state index contributed by atoms with van der Waals surface area (Å²) in [6.45, 7) is 0. The molecule has 0 bridgehead atoms. The minimum Gasteiger partial charge on any atom is -0.228 e. The van der Waals surface area contributed by atoms with Crippen molar-refractivity contribution in [3.05, 3.63) is 24.3 Å². The first-order valence-electron chi connectivity index (χ1n) is 2.40. The number of hydrogen-bond donors (Lipinski definition) is 0. The summed E-state index contributed by atoms with van der Waals surface area (Å²) in [4.78, 5) is 4.13. The van der Waals surface area contributed by atoms with Crippen LogP contribution >= 0.6 is 11.8 Å². The fraction of sp³-hybridized carbons (Fsp3) is 0.167. The Morgan fingerprint density at radius 1 is 1.78 bits per heavy atom. The van der Waals surface area contributed by atoms with Crippen LogP contribution in [0.4, 0.5) is 4.39 Å². The Labute approximate surface area is 57.3 Å². The SMILES string of the molecule is CSc1[c]cnc(F)c1. The van der Waals surface area contributed by atoms with E-state index in [1.807, 2.05) is 6.26 Å². The van der Waals surface area contributed by atoms with Gasteiger partial charge in [-0.05, 0) is 6.26 Å². The van der Waals surface area contributed by atoms with Gasteiger partial charge in [0.15, 0.2) is 0 Å². The predicted octanol–water partition coefficient (Wildman–Crippen LogP) is 1.74. The van der Waals surface area contributed by atoms with Crippen LogP contribution in [0.1, 0.15) is 0 Å². The van der Waals surface area contributed by atoms with Crippen molar-refractivity contribution in [1.82, 2.24) is 4.98 Å². The van der Waals surface area contributed by atoms with E-state index in [1.165, 1.54) is 24.0 Å². The normalized spacial score (nSPS) is 9.56. The van der Waals surface area contributed by atoms with Gasteiger partial charge in [-0.15, -0.1) is 11.8 Å². The van der Waals surface area contributed by atoms with E-state index in [9.17, 15) is 4.39 Å². The summed E-state index contributed by atoms with van der Waals surface area (Å²) in [6.07, 6.45) is 3.20. The van der Waals surface area contributed by atoms with Gasteiger partial charge in [-0.25, -0.2) is 4.98 Å². The molecule has 0 unspecified atom stereocenters. The van der Waals surface area contributed by atoms with Gasteiger partial charge in [0, 0.05) is 23.2 Å². The zero-order valence-corrected chi connectivity index (χ0v) is 5.70. The summed E-state index contributed by atoms with van der Waals surface area (Å²) >= 11 is 1.45. The molecule has 47 valence electrons. The Kier molecular flexibility index (Phi) is 2.05. The van der Waals surface area contributed by atoms with Crippen LogP contribution in [0.2, 0.25) is 0 Å². The van der Waals surface area contributed by atoms with Crippen molar-refractivity contribution in [3.8, 4) is 0 Å². The average molecular weight is 142 g/mol. The maximum absolute atomic E-state index is 12.2. The van der Waals surface area contributed by atoms with Crippen LogP contribution in [0.5, 0.6) is 0 Å². The van der Waals surface area contributed by atoms with E-state index in [4.69, 9.17) is 0 Å². The first-order chi connectivity index (χ1) is 4.33. The van der Waals surface area contributed by atoms with Crippen LogP contribution in [0.25, 0.3) is 0 Å². The highest BCUT2D eigenvalue weighted by molar-refractivity contribution is 7.98. The number of halogens is 1. The number of pyridine rings is 1. The monoisotopic (exact) mass is 142 g/mol. The van der Waals surface area contributed by atoms with Crippen LogP contribution in [0.15, 0.2) is 17.2 Å². The van der Waals surface area contributed by atoms with Gasteiger partial charge in [0.1, 0.15) is 0 Å². The van der Waals surface area contributed by atoms with Crippen LogP contribution in [-0.4, -0.2) is 11.2 Å². The molecule has 1 heterocycles.